The topological polar surface area (TPSA) is 54.7 Å². The van der Waals surface area contributed by atoms with Crippen molar-refractivity contribution in [3.63, 3.8) is 0 Å². The Morgan fingerprint density at radius 3 is 2.53 bits per heavy atom. The van der Waals surface area contributed by atoms with Crippen LogP contribution in [0.5, 0.6) is 0 Å². The SMILES string of the molecule is Nc1cc(Cl)cc2[nH]c(-c3ccc(Cl)c(Cl)c3)nc12. The fourth-order valence-electron chi connectivity index (χ4n) is 1.89. The highest BCUT2D eigenvalue weighted by atomic mass is 35.5. The summed E-state index contributed by atoms with van der Waals surface area (Å²) in [5.74, 6) is 0.669. The zero-order valence-electron chi connectivity index (χ0n) is 9.55. The number of nitrogens with zero attached hydrogens (tertiary/aromatic N) is 1. The van der Waals surface area contributed by atoms with Crippen LogP contribution in [0.3, 0.4) is 0 Å². The Morgan fingerprint density at radius 2 is 1.79 bits per heavy atom. The number of imidazole rings is 1. The lowest BCUT2D eigenvalue weighted by atomic mass is 10.2. The lowest BCUT2D eigenvalue weighted by Crippen LogP contribution is -1.86. The highest BCUT2D eigenvalue weighted by Crippen LogP contribution is 2.30. The van der Waals surface area contributed by atoms with Crippen molar-refractivity contribution in [2.45, 2.75) is 0 Å². The first kappa shape index (κ1) is 12.6. The van der Waals surface area contributed by atoms with E-state index in [0.717, 1.165) is 11.1 Å². The van der Waals surface area contributed by atoms with E-state index in [1.165, 1.54) is 0 Å². The van der Waals surface area contributed by atoms with Gasteiger partial charge in [-0.2, -0.15) is 0 Å². The number of nitrogen functional groups attached to an aromatic ring is 1. The van der Waals surface area contributed by atoms with Gasteiger partial charge in [0.2, 0.25) is 0 Å². The van der Waals surface area contributed by atoms with E-state index in [0.29, 0.717) is 32.1 Å². The van der Waals surface area contributed by atoms with Crippen LogP contribution in [0.25, 0.3) is 22.4 Å². The predicted molar refractivity (Wildman–Crippen MR) is 81.0 cm³/mol. The Balaban J connectivity index is 2.20. The first-order chi connectivity index (χ1) is 9.04. The highest BCUT2D eigenvalue weighted by molar-refractivity contribution is 6.42. The van der Waals surface area contributed by atoms with Crippen LogP contribution in [-0.2, 0) is 0 Å². The molecule has 3 nitrogen and oxygen atoms in total. The Bertz CT molecular complexity index is 780. The molecule has 2 aromatic carbocycles. The molecular formula is C13H8Cl3N3. The van der Waals surface area contributed by atoms with Crippen molar-refractivity contribution in [3.8, 4) is 11.4 Å². The number of fused-ring (bicyclic) bond motifs is 1. The Labute approximate surface area is 124 Å². The van der Waals surface area contributed by atoms with Gasteiger partial charge in [-0.25, -0.2) is 4.98 Å². The fraction of sp³-hybridized carbons (Fsp3) is 0. The van der Waals surface area contributed by atoms with Crippen molar-refractivity contribution in [1.82, 2.24) is 9.97 Å². The molecule has 1 aromatic heterocycles. The van der Waals surface area contributed by atoms with E-state index >= 15 is 0 Å². The molecule has 0 radical (unpaired) electrons. The minimum atomic E-state index is 0.477. The van der Waals surface area contributed by atoms with Crippen molar-refractivity contribution in [3.05, 3.63) is 45.4 Å². The van der Waals surface area contributed by atoms with Crippen LogP contribution in [0.15, 0.2) is 30.3 Å². The summed E-state index contributed by atoms with van der Waals surface area (Å²) in [7, 11) is 0. The molecular weight excluding hydrogens is 305 g/mol. The van der Waals surface area contributed by atoms with Gasteiger partial charge in [-0.3, -0.25) is 0 Å². The van der Waals surface area contributed by atoms with E-state index in [9.17, 15) is 0 Å². The maximum absolute atomic E-state index is 6.00. The molecule has 96 valence electrons. The van der Waals surface area contributed by atoms with Gasteiger partial charge in [-0.1, -0.05) is 34.8 Å². The first-order valence-electron chi connectivity index (χ1n) is 5.45. The van der Waals surface area contributed by atoms with Gasteiger partial charge < -0.3 is 10.7 Å². The van der Waals surface area contributed by atoms with Crippen LogP contribution in [-0.4, -0.2) is 9.97 Å². The van der Waals surface area contributed by atoms with Gasteiger partial charge >= 0.3 is 0 Å². The summed E-state index contributed by atoms with van der Waals surface area (Å²) in [5, 5.41) is 1.55. The molecule has 0 aliphatic heterocycles. The molecule has 0 bridgehead atoms. The molecule has 0 atom stereocenters. The van der Waals surface area contributed by atoms with E-state index in [1.54, 1.807) is 24.3 Å². The molecule has 19 heavy (non-hydrogen) atoms. The van der Waals surface area contributed by atoms with Gasteiger partial charge in [0.15, 0.2) is 0 Å². The molecule has 3 aromatic rings. The predicted octanol–water partition coefficient (Wildman–Crippen LogP) is 4.77. The Morgan fingerprint density at radius 1 is 1.00 bits per heavy atom. The van der Waals surface area contributed by atoms with E-state index in [4.69, 9.17) is 40.5 Å². The molecule has 0 saturated heterocycles. The molecule has 1 heterocycles. The van der Waals surface area contributed by atoms with E-state index in [1.807, 2.05) is 6.07 Å². The van der Waals surface area contributed by atoms with Crippen molar-refractivity contribution in [2.24, 2.45) is 0 Å². The summed E-state index contributed by atoms with van der Waals surface area (Å²) in [6.07, 6.45) is 0. The third kappa shape index (κ3) is 2.25. The largest absolute Gasteiger partial charge is 0.397 e. The molecule has 3 rings (SSSR count). The highest BCUT2D eigenvalue weighted by Gasteiger charge is 2.10. The van der Waals surface area contributed by atoms with Gasteiger partial charge in [-0.05, 0) is 30.3 Å². The number of aromatic amines is 1. The van der Waals surface area contributed by atoms with Crippen LogP contribution in [0, 0.1) is 0 Å². The number of nitrogens with two attached hydrogens (primary N) is 1. The summed E-state index contributed by atoms with van der Waals surface area (Å²) in [6, 6.07) is 8.76. The maximum Gasteiger partial charge on any atom is 0.138 e. The number of aromatic nitrogens is 2. The molecule has 0 unspecified atom stereocenters. The lowest BCUT2D eigenvalue weighted by Gasteiger charge is -1.99. The summed E-state index contributed by atoms with van der Waals surface area (Å²) >= 11 is 17.9. The quantitative estimate of drug-likeness (QED) is 0.636. The lowest BCUT2D eigenvalue weighted by molar-refractivity contribution is 1.34. The van der Waals surface area contributed by atoms with Gasteiger partial charge in [0.25, 0.3) is 0 Å². The number of rotatable bonds is 1. The molecule has 0 fully saturated rings. The molecule has 3 N–H and O–H groups in total. The van der Waals surface area contributed by atoms with Gasteiger partial charge in [-0.15, -0.1) is 0 Å². The zero-order valence-corrected chi connectivity index (χ0v) is 11.8. The van der Waals surface area contributed by atoms with Crippen LogP contribution in [0.1, 0.15) is 0 Å². The third-order valence-corrected chi connectivity index (χ3v) is 3.73. The zero-order chi connectivity index (χ0) is 13.6. The number of hydrogen-bond acceptors (Lipinski definition) is 2. The second-order valence-corrected chi connectivity index (χ2v) is 5.36. The van der Waals surface area contributed by atoms with E-state index in [2.05, 4.69) is 9.97 Å². The van der Waals surface area contributed by atoms with Crippen LogP contribution >= 0.6 is 34.8 Å². The average molecular weight is 313 g/mol. The van der Waals surface area contributed by atoms with Crippen molar-refractivity contribution < 1.29 is 0 Å². The van der Waals surface area contributed by atoms with Crippen LogP contribution in [0.2, 0.25) is 15.1 Å². The second-order valence-electron chi connectivity index (χ2n) is 4.11. The van der Waals surface area contributed by atoms with Crippen LogP contribution < -0.4 is 5.73 Å². The van der Waals surface area contributed by atoms with E-state index in [-0.39, 0.29) is 0 Å². The van der Waals surface area contributed by atoms with E-state index < -0.39 is 0 Å². The third-order valence-electron chi connectivity index (χ3n) is 2.77. The van der Waals surface area contributed by atoms with Gasteiger partial charge in [0, 0.05) is 10.6 Å². The van der Waals surface area contributed by atoms with Crippen LogP contribution in [0.4, 0.5) is 5.69 Å². The summed E-state index contributed by atoms with van der Waals surface area (Å²) in [6.45, 7) is 0. The molecule has 0 aliphatic rings. The first-order valence-corrected chi connectivity index (χ1v) is 6.58. The number of hydrogen-bond donors (Lipinski definition) is 2. The minimum absolute atomic E-state index is 0.477. The second kappa shape index (κ2) is 4.60. The van der Waals surface area contributed by atoms with Gasteiger partial charge in [0.05, 0.1) is 21.2 Å². The molecule has 6 heteroatoms. The number of benzene rings is 2. The molecule has 0 aliphatic carbocycles. The number of halogens is 3. The maximum atomic E-state index is 6.00. The Kier molecular flexibility index (Phi) is 3.05. The number of nitrogens with one attached hydrogen (secondary N) is 1. The standard InChI is InChI=1S/C13H8Cl3N3/c14-7-4-10(17)12-11(5-7)18-13(19-12)6-1-2-8(15)9(16)3-6/h1-5H,17H2,(H,18,19). The number of H-pyrrole nitrogens is 1. The minimum Gasteiger partial charge on any atom is -0.397 e. The summed E-state index contributed by atoms with van der Waals surface area (Å²) in [4.78, 5) is 7.62. The number of anilines is 1. The molecule has 0 spiro atoms. The molecule has 0 amide bonds. The molecule has 0 saturated carbocycles. The normalized spacial score (nSPS) is 11.1. The van der Waals surface area contributed by atoms with Crippen molar-refractivity contribution >= 4 is 51.5 Å². The van der Waals surface area contributed by atoms with Crippen molar-refractivity contribution in [1.29, 1.82) is 0 Å². The van der Waals surface area contributed by atoms with Crippen molar-refractivity contribution in [2.75, 3.05) is 5.73 Å². The smallest absolute Gasteiger partial charge is 0.138 e. The Hall–Kier alpha value is -1.42. The summed E-state index contributed by atoms with van der Waals surface area (Å²) < 4.78 is 0. The van der Waals surface area contributed by atoms with Gasteiger partial charge in [0.1, 0.15) is 11.3 Å². The summed E-state index contributed by atoms with van der Waals surface area (Å²) in [5.41, 5.74) is 8.72. The average Bonchev–Trinajstić information content (AvgIpc) is 2.76. The monoisotopic (exact) mass is 311 g/mol. The fourth-order valence-corrected chi connectivity index (χ4v) is 2.41.